The molecule has 1 aromatic heterocycles. The summed E-state index contributed by atoms with van der Waals surface area (Å²) in [6.45, 7) is 3.37. The van der Waals surface area contributed by atoms with Crippen molar-refractivity contribution in [2.45, 2.75) is 63.8 Å². The quantitative estimate of drug-likeness (QED) is 0.646. The second-order valence-electron chi connectivity index (χ2n) is 9.71. The Kier molecular flexibility index (Phi) is 5.99. The molecule has 3 aliphatic rings. The number of fused-ring (bicyclic) bond motifs is 5. The molecule has 0 aliphatic carbocycles. The van der Waals surface area contributed by atoms with Crippen LogP contribution in [0.3, 0.4) is 0 Å². The van der Waals surface area contributed by atoms with Gasteiger partial charge in [-0.2, -0.15) is 0 Å². The number of aromatic nitrogens is 1. The average Bonchev–Trinajstić information content (AvgIpc) is 3.23. The Morgan fingerprint density at radius 2 is 1.97 bits per heavy atom. The van der Waals surface area contributed by atoms with E-state index in [1.807, 2.05) is 13.8 Å². The summed E-state index contributed by atoms with van der Waals surface area (Å²) in [5, 5.41) is 17.3. The van der Waals surface area contributed by atoms with E-state index in [0.717, 1.165) is 5.71 Å². The van der Waals surface area contributed by atoms with Gasteiger partial charge in [0.15, 0.2) is 17.0 Å². The Hall–Kier alpha value is -3.83. The zero-order valence-electron chi connectivity index (χ0n) is 20.2. The first-order valence-corrected chi connectivity index (χ1v) is 12.0. The molecule has 196 valence electrons. The van der Waals surface area contributed by atoms with Crippen LogP contribution >= 0.6 is 0 Å². The fourth-order valence-corrected chi connectivity index (χ4v) is 5.38. The van der Waals surface area contributed by atoms with Crippen molar-refractivity contribution >= 4 is 17.5 Å². The molecule has 4 heterocycles. The van der Waals surface area contributed by atoms with Crippen LogP contribution in [0.2, 0.25) is 0 Å². The van der Waals surface area contributed by atoms with Crippen LogP contribution < -0.4 is 10.7 Å². The van der Waals surface area contributed by atoms with E-state index >= 15 is 0 Å². The zero-order chi connectivity index (χ0) is 26.6. The number of hydrogen-bond donors (Lipinski definition) is 2. The number of pyridine rings is 1. The van der Waals surface area contributed by atoms with Crippen molar-refractivity contribution in [3.8, 4) is 5.75 Å². The molecule has 2 bridgehead atoms. The highest BCUT2D eigenvalue weighted by atomic mass is 19.1. The minimum absolute atomic E-state index is 0.185. The van der Waals surface area contributed by atoms with Crippen LogP contribution in [-0.4, -0.2) is 50.3 Å². The standard InChI is InChI=1S/C25H25F3N4O5/c1-3-14-8-25(37-30-14)5-4-12(2)31-11-19(25)32-10-16(21(33)22(34)20(32)24(31)36)23(35)29-9-15-17(27)6-13(26)7-18(15)28/h6-7,10,12,19,34H,3-5,8-9,11H2,1-2H3,(H,29,35)/t12-,19+,25-/m0/s1. The molecular weight excluding hydrogens is 493 g/mol. The third kappa shape index (κ3) is 3.94. The molecule has 2 N–H and O–H groups in total. The van der Waals surface area contributed by atoms with Crippen molar-refractivity contribution in [1.82, 2.24) is 14.8 Å². The maximum Gasteiger partial charge on any atom is 0.274 e. The van der Waals surface area contributed by atoms with Gasteiger partial charge >= 0.3 is 0 Å². The van der Waals surface area contributed by atoms with Crippen LogP contribution in [0, 0.1) is 17.5 Å². The minimum Gasteiger partial charge on any atom is -0.503 e. The zero-order valence-corrected chi connectivity index (χ0v) is 20.2. The normalized spacial score (nSPS) is 24.4. The lowest BCUT2D eigenvalue weighted by molar-refractivity contribution is -0.0655. The van der Waals surface area contributed by atoms with Crippen LogP contribution in [0.5, 0.6) is 5.75 Å². The third-order valence-electron chi connectivity index (χ3n) is 7.55. The van der Waals surface area contributed by atoms with Gasteiger partial charge in [-0.15, -0.1) is 0 Å². The topological polar surface area (TPSA) is 113 Å². The van der Waals surface area contributed by atoms with E-state index in [-0.39, 0.29) is 18.3 Å². The fraction of sp³-hybridized carbons (Fsp3) is 0.440. The molecule has 3 atom stereocenters. The van der Waals surface area contributed by atoms with Gasteiger partial charge in [0.25, 0.3) is 11.8 Å². The number of carbonyl (C=O) groups is 2. The van der Waals surface area contributed by atoms with E-state index in [9.17, 15) is 32.7 Å². The molecule has 0 saturated carbocycles. The van der Waals surface area contributed by atoms with Crippen LogP contribution in [0.1, 0.15) is 72.0 Å². The van der Waals surface area contributed by atoms with Crippen molar-refractivity contribution in [2.75, 3.05) is 6.54 Å². The molecule has 0 radical (unpaired) electrons. The Balaban J connectivity index is 1.55. The lowest BCUT2D eigenvalue weighted by atomic mass is 9.83. The molecule has 3 aliphatic heterocycles. The van der Waals surface area contributed by atoms with Gasteiger partial charge in [0.1, 0.15) is 23.0 Å². The number of carbonyl (C=O) groups excluding carboxylic acids is 2. The number of hydrogen-bond acceptors (Lipinski definition) is 6. The van der Waals surface area contributed by atoms with Gasteiger partial charge in [-0.3, -0.25) is 14.4 Å². The van der Waals surface area contributed by atoms with Gasteiger partial charge < -0.3 is 24.7 Å². The number of nitrogens with one attached hydrogen (secondary N) is 1. The number of rotatable bonds is 4. The lowest BCUT2D eigenvalue weighted by Gasteiger charge is -2.41. The Morgan fingerprint density at radius 3 is 2.62 bits per heavy atom. The Bertz CT molecular complexity index is 1380. The van der Waals surface area contributed by atoms with E-state index < -0.39 is 69.8 Å². The molecular formula is C25H25F3N4O5. The van der Waals surface area contributed by atoms with Gasteiger partial charge in [-0.05, 0) is 26.2 Å². The van der Waals surface area contributed by atoms with Gasteiger partial charge in [-0.1, -0.05) is 12.1 Å². The summed E-state index contributed by atoms with van der Waals surface area (Å²) in [7, 11) is 0. The second kappa shape index (κ2) is 8.93. The summed E-state index contributed by atoms with van der Waals surface area (Å²) < 4.78 is 42.6. The second-order valence-corrected chi connectivity index (χ2v) is 9.71. The van der Waals surface area contributed by atoms with E-state index in [0.29, 0.717) is 37.8 Å². The van der Waals surface area contributed by atoms with Crippen molar-refractivity contribution < 1.29 is 32.7 Å². The Labute approximate surface area is 209 Å². The largest absolute Gasteiger partial charge is 0.503 e. The summed E-state index contributed by atoms with van der Waals surface area (Å²) in [6, 6.07) is 0.197. The highest BCUT2D eigenvalue weighted by Crippen LogP contribution is 2.46. The van der Waals surface area contributed by atoms with Gasteiger partial charge in [0, 0.05) is 49.4 Å². The first-order chi connectivity index (χ1) is 17.6. The number of benzene rings is 1. The maximum absolute atomic E-state index is 14.0. The summed E-state index contributed by atoms with van der Waals surface area (Å²) in [6.07, 6.45) is 3.48. The van der Waals surface area contributed by atoms with E-state index in [2.05, 4.69) is 10.5 Å². The smallest absolute Gasteiger partial charge is 0.274 e. The molecule has 12 heteroatoms. The van der Waals surface area contributed by atoms with E-state index in [1.165, 1.54) is 10.8 Å². The van der Waals surface area contributed by atoms with Crippen molar-refractivity contribution in [3.05, 3.63) is 62.8 Å². The van der Waals surface area contributed by atoms with E-state index in [1.54, 1.807) is 4.90 Å². The van der Waals surface area contributed by atoms with Crippen LogP contribution in [0.4, 0.5) is 13.2 Å². The third-order valence-corrected chi connectivity index (χ3v) is 7.55. The monoisotopic (exact) mass is 518 g/mol. The summed E-state index contributed by atoms with van der Waals surface area (Å²) in [5.41, 5.74) is -2.48. The number of oxime groups is 1. The lowest BCUT2D eigenvalue weighted by Crippen LogP contribution is -2.52. The summed E-state index contributed by atoms with van der Waals surface area (Å²) in [5.74, 6) is -5.99. The summed E-state index contributed by atoms with van der Waals surface area (Å²) in [4.78, 5) is 46.8. The van der Waals surface area contributed by atoms with Crippen molar-refractivity contribution in [2.24, 2.45) is 5.16 Å². The molecule has 9 nitrogen and oxygen atoms in total. The Morgan fingerprint density at radius 1 is 1.27 bits per heavy atom. The molecule has 1 fully saturated rings. The minimum atomic E-state index is -1.20. The highest BCUT2D eigenvalue weighted by molar-refractivity contribution is 5.99. The average molecular weight is 518 g/mol. The number of amides is 2. The molecule has 1 saturated heterocycles. The maximum atomic E-state index is 14.0. The number of aromatic hydroxyl groups is 1. The van der Waals surface area contributed by atoms with Gasteiger partial charge in [0.05, 0.1) is 11.8 Å². The predicted molar refractivity (Wildman–Crippen MR) is 125 cm³/mol. The predicted octanol–water partition coefficient (Wildman–Crippen LogP) is 3.01. The first-order valence-electron chi connectivity index (χ1n) is 12.0. The molecule has 1 aromatic carbocycles. The van der Waals surface area contributed by atoms with Gasteiger partial charge in [-0.25, -0.2) is 13.2 Å². The fourth-order valence-electron chi connectivity index (χ4n) is 5.38. The molecule has 2 aromatic rings. The van der Waals surface area contributed by atoms with Gasteiger partial charge in [0.2, 0.25) is 5.43 Å². The number of halogens is 3. The summed E-state index contributed by atoms with van der Waals surface area (Å²) >= 11 is 0. The molecule has 1 spiro atoms. The van der Waals surface area contributed by atoms with Crippen LogP contribution in [0.15, 0.2) is 28.3 Å². The molecule has 37 heavy (non-hydrogen) atoms. The van der Waals surface area contributed by atoms with E-state index in [4.69, 9.17) is 4.84 Å². The highest BCUT2D eigenvalue weighted by Gasteiger charge is 2.54. The SMILES string of the molecule is CCC1=NO[C@@]2(CC[C@H](C)N3C[C@H]2n2cc(C(=O)NCc4c(F)cc(F)cc4F)c(=O)c(O)c2C3=O)C1. The van der Waals surface area contributed by atoms with Crippen LogP contribution in [-0.2, 0) is 11.4 Å². The number of nitrogens with zero attached hydrogens (tertiary/aromatic N) is 3. The molecule has 2 amide bonds. The van der Waals surface area contributed by atoms with Crippen molar-refractivity contribution in [1.29, 1.82) is 0 Å². The first kappa shape index (κ1) is 24.8. The van der Waals surface area contributed by atoms with Crippen molar-refractivity contribution in [3.63, 3.8) is 0 Å². The molecule has 0 unspecified atom stereocenters. The molecule has 5 rings (SSSR count). The van der Waals surface area contributed by atoms with Crippen LogP contribution in [0.25, 0.3) is 0 Å².